The number of amides is 1. The summed E-state index contributed by atoms with van der Waals surface area (Å²) in [6, 6.07) is 16.1. The molecule has 5 rings (SSSR count). The van der Waals surface area contributed by atoms with Gasteiger partial charge in [0.25, 0.3) is 0 Å². The van der Waals surface area contributed by atoms with Crippen molar-refractivity contribution in [2.75, 3.05) is 13.3 Å². The number of primary amides is 1. The summed E-state index contributed by atoms with van der Waals surface area (Å²) in [7, 11) is 0. The lowest BCUT2D eigenvalue weighted by molar-refractivity contribution is 0.1000. The third-order valence-corrected chi connectivity index (χ3v) is 6.13. The van der Waals surface area contributed by atoms with Crippen molar-refractivity contribution in [1.29, 1.82) is 0 Å². The number of nitrogens with zero attached hydrogens (tertiary/aromatic N) is 1. The van der Waals surface area contributed by atoms with Gasteiger partial charge in [-0.3, -0.25) is 4.79 Å². The Morgan fingerprint density at radius 2 is 1.97 bits per heavy atom. The Morgan fingerprint density at radius 1 is 1.12 bits per heavy atom. The standard InChI is InChI=1S/C26H27N3O4/c1-16(8-17-2-6-23-24(9-17)32-15-31-23)13-28-21-10-18-3-5-22(12-20(18)11-21)33-25-7-4-19(14-29-25)26(27)30/h2-7,9,12,14,16,21,28H,8,10-11,13,15H2,1H3,(H2,27,30). The first-order valence-corrected chi connectivity index (χ1v) is 11.2. The fourth-order valence-corrected chi connectivity index (χ4v) is 4.42. The van der Waals surface area contributed by atoms with E-state index in [4.69, 9.17) is 19.9 Å². The number of nitrogens with two attached hydrogens (primary N) is 1. The van der Waals surface area contributed by atoms with Crippen molar-refractivity contribution >= 4 is 5.91 Å². The monoisotopic (exact) mass is 445 g/mol. The molecule has 2 aromatic carbocycles. The zero-order chi connectivity index (χ0) is 22.8. The molecule has 0 radical (unpaired) electrons. The number of hydrogen-bond acceptors (Lipinski definition) is 6. The van der Waals surface area contributed by atoms with Crippen molar-refractivity contribution in [3.8, 4) is 23.1 Å². The zero-order valence-electron chi connectivity index (χ0n) is 18.5. The highest BCUT2D eigenvalue weighted by atomic mass is 16.7. The Kier molecular flexibility index (Phi) is 5.88. The van der Waals surface area contributed by atoms with Crippen LogP contribution in [0.3, 0.4) is 0 Å². The van der Waals surface area contributed by atoms with E-state index in [9.17, 15) is 4.79 Å². The summed E-state index contributed by atoms with van der Waals surface area (Å²) in [5, 5.41) is 3.73. The van der Waals surface area contributed by atoms with E-state index < -0.39 is 5.91 Å². The minimum atomic E-state index is -0.504. The van der Waals surface area contributed by atoms with Gasteiger partial charge in [0.2, 0.25) is 18.6 Å². The molecule has 7 heteroatoms. The second-order valence-electron chi connectivity index (χ2n) is 8.79. The topological polar surface area (TPSA) is 95.7 Å². The zero-order valence-corrected chi connectivity index (χ0v) is 18.5. The van der Waals surface area contributed by atoms with Crippen LogP contribution >= 0.6 is 0 Å². The number of aromatic nitrogens is 1. The van der Waals surface area contributed by atoms with E-state index in [0.29, 0.717) is 30.2 Å². The van der Waals surface area contributed by atoms with Crippen LogP contribution in [0.25, 0.3) is 0 Å². The predicted octanol–water partition coefficient (Wildman–Crippen LogP) is 3.64. The molecule has 3 N–H and O–H groups in total. The number of carbonyl (C=O) groups is 1. The molecule has 2 heterocycles. The fraction of sp³-hybridized carbons (Fsp3) is 0.308. The molecule has 0 fully saturated rings. The number of nitrogens with one attached hydrogen (secondary N) is 1. The molecule has 1 aliphatic heterocycles. The van der Waals surface area contributed by atoms with Gasteiger partial charge in [-0.1, -0.05) is 19.1 Å². The van der Waals surface area contributed by atoms with Gasteiger partial charge in [0, 0.05) is 18.3 Å². The van der Waals surface area contributed by atoms with Gasteiger partial charge in [0.1, 0.15) is 5.75 Å². The first-order chi connectivity index (χ1) is 16.0. The van der Waals surface area contributed by atoms with Crippen LogP contribution in [0, 0.1) is 5.92 Å². The lowest BCUT2D eigenvalue weighted by Gasteiger charge is -2.17. The first kappa shape index (κ1) is 21.3. The molecule has 0 bridgehead atoms. The van der Waals surface area contributed by atoms with Gasteiger partial charge in [0.15, 0.2) is 11.5 Å². The summed E-state index contributed by atoms with van der Waals surface area (Å²) in [5.74, 6) is 2.85. The minimum absolute atomic E-state index is 0.309. The van der Waals surface area contributed by atoms with Crippen molar-refractivity contribution < 1.29 is 19.0 Å². The lowest BCUT2D eigenvalue weighted by Crippen LogP contribution is -2.33. The highest BCUT2D eigenvalue weighted by molar-refractivity contribution is 5.92. The molecule has 0 saturated carbocycles. The molecule has 1 aliphatic carbocycles. The molecule has 7 nitrogen and oxygen atoms in total. The smallest absolute Gasteiger partial charge is 0.250 e. The molecular weight excluding hydrogens is 418 g/mol. The number of hydrogen-bond donors (Lipinski definition) is 2. The van der Waals surface area contributed by atoms with Gasteiger partial charge in [0.05, 0.1) is 5.56 Å². The Morgan fingerprint density at radius 3 is 2.79 bits per heavy atom. The first-order valence-electron chi connectivity index (χ1n) is 11.2. The van der Waals surface area contributed by atoms with Gasteiger partial charge < -0.3 is 25.3 Å². The van der Waals surface area contributed by atoms with Crippen LogP contribution in [0.4, 0.5) is 0 Å². The summed E-state index contributed by atoms with van der Waals surface area (Å²) in [6.45, 7) is 3.53. The van der Waals surface area contributed by atoms with E-state index in [2.05, 4.69) is 41.5 Å². The molecule has 1 aromatic heterocycles. The summed E-state index contributed by atoms with van der Waals surface area (Å²) >= 11 is 0. The van der Waals surface area contributed by atoms with Crippen molar-refractivity contribution in [1.82, 2.24) is 10.3 Å². The van der Waals surface area contributed by atoms with Crippen LogP contribution in [0.2, 0.25) is 0 Å². The average Bonchev–Trinajstić information content (AvgIpc) is 3.44. The molecule has 2 atom stereocenters. The Labute approximate surface area is 192 Å². The maximum atomic E-state index is 11.2. The maximum Gasteiger partial charge on any atom is 0.250 e. The molecule has 33 heavy (non-hydrogen) atoms. The summed E-state index contributed by atoms with van der Waals surface area (Å²) in [6.07, 6.45) is 4.40. The van der Waals surface area contributed by atoms with Crippen LogP contribution in [-0.4, -0.2) is 30.3 Å². The van der Waals surface area contributed by atoms with Crippen molar-refractivity contribution in [3.05, 3.63) is 77.0 Å². The van der Waals surface area contributed by atoms with Crippen LogP contribution in [0.5, 0.6) is 23.1 Å². The quantitative estimate of drug-likeness (QED) is 0.550. The summed E-state index contributed by atoms with van der Waals surface area (Å²) in [5.41, 5.74) is 9.52. The molecule has 170 valence electrons. The molecule has 1 amide bonds. The molecule has 3 aromatic rings. The van der Waals surface area contributed by atoms with E-state index in [-0.39, 0.29) is 0 Å². The summed E-state index contributed by atoms with van der Waals surface area (Å²) in [4.78, 5) is 15.3. The van der Waals surface area contributed by atoms with Gasteiger partial charge in [-0.05, 0) is 78.7 Å². The lowest BCUT2D eigenvalue weighted by atomic mass is 10.00. The second kappa shape index (κ2) is 9.11. The number of rotatable bonds is 8. The van der Waals surface area contributed by atoms with Crippen LogP contribution in [0.1, 0.15) is 34.0 Å². The van der Waals surface area contributed by atoms with Gasteiger partial charge in [-0.25, -0.2) is 4.98 Å². The fourth-order valence-electron chi connectivity index (χ4n) is 4.42. The van der Waals surface area contributed by atoms with E-state index in [1.807, 2.05) is 12.1 Å². The number of benzene rings is 2. The van der Waals surface area contributed by atoms with Gasteiger partial charge in [-0.15, -0.1) is 0 Å². The van der Waals surface area contributed by atoms with Crippen LogP contribution in [-0.2, 0) is 19.3 Å². The normalized spacial score (nSPS) is 16.9. The van der Waals surface area contributed by atoms with Crippen molar-refractivity contribution in [3.63, 3.8) is 0 Å². The largest absolute Gasteiger partial charge is 0.454 e. The number of carbonyl (C=O) groups excluding carboxylic acids is 1. The molecule has 2 aliphatic rings. The SMILES string of the molecule is CC(CNC1Cc2ccc(Oc3ccc(C(N)=O)cn3)cc2C1)Cc1ccc2c(c1)OCO2. The molecule has 0 spiro atoms. The third kappa shape index (κ3) is 4.93. The maximum absolute atomic E-state index is 11.2. The third-order valence-electron chi connectivity index (χ3n) is 6.13. The number of pyridine rings is 1. The Balaban J connectivity index is 1.13. The predicted molar refractivity (Wildman–Crippen MR) is 124 cm³/mol. The highest BCUT2D eigenvalue weighted by Crippen LogP contribution is 2.33. The molecular formula is C26H27N3O4. The van der Waals surface area contributed by atoms with Crippen molar-refractivity contribution in [2.45, 2.75) is 32.2 Å². The van der Waals surface area contributed by atoms with E-state index >= 15 is 0 Å². The van der Waals surface area contributed by atoms with Gasteiger partial charge >= 0.3 is 0 Å². The highest BCUT2D eigenvalue weighted by Gasteiger charge is 2.22. The minimum Gasteiger partial charge on any atom is -0.454 e. The molecule has 2 unspecified atom stereocenters. The Hall–Kier alpha value is -3.58. The summed E-state index contributed by atoms with van der Waals surface area (Å²) < 4.78 is 16.8. The van der Waals surface area contributed by atoms with Crippen LogP contribution in [0.15, 0.2) is 54.7 Å². The average molecular weight is 446 g/mol. The number of ether oxygens (including phenoxy) is 3. The second-order valence-corrected chi connectivity index (χ2v) is 8.79. The van der Waals surface area contributed by atoms with Crippen molar-refractivity contribution in [2.24, 2.45) is 11.7 Å². The molecule has 0 saturated heterocycles. The van der Waals surface area contributed by atoms with Crippen LogP contribution < -0.4 is 25.3 Å². The van der Waals surface area contributed by atoms with Gasteiger partial charge in [-0.2, -0.15) is 0 Å². The van der Waals surface area contributed by atoms with E-state index in [1.165, 1.54) is 22.9 Å². The van der Waals surface area contributed by atoms with E-state index in [0.717, 1.165) is 43.1 Å². The number of fused-ring (bicyclic) bond motifs is 2. The van der Waals surface area contributed by atoms with E-state index in [1.54, 1.807) is 12.1 Å². The Bertz CT molecular complexity index is 1160.